The third-order valence-electron chi connectivity index (χ3n) is 6.05. The summed E-state index contributed by atoms with van der Waals surface area (Å²) in [5.74, 6) is -0.149. The molecule has 1 aliphatic heterocycles. The van der Waals surface area contributed by atoms with Crippen LogP contribution in [0.1, 0.15) is 48.8 Å². The first-order valence-corrected chi connectivity index (χ1v) is 11.6. The predicted molar refractivity (Wildman–Crippen MR) is 121 cm³/mol. The zero-order chi connectivity index (χ0) is 23.6. The molecule has 2 aromatic carbocycles. The summed E-state index contributed by atoms with van der Waals surface area (Å²) in [7, 11) is 0. The predicted octanol–water partition coefficient (Wildman–Crippen LogP) is 6.72. The Morgan fingerprint density at radius 2 is 1.85 bits per heavy atom. The first-order valence-electron chi connectivity index (χ1n) is 10.8. The summed E-state index contributed by atoms with van der Waals surface area (Å²) in [5, 5.41) is 4.99. The van der Waals surface area contributed by atoms with Crippen LogP contribution in [0.4, 0.5) is 13.2 Å². The van der Waals surface area contributed by atoms with Crippen LogP contribution in [-0.4, -0.2) is 29.2 Å². The third-order valence-corrected chi connectivity index (χ3v) is 6.79. The highest BCUT2D eigenvalue weighted by atomic mass is 35.5. The van der Waals surface area contributed by atoms with Crippen molar-refractivity contribution in [2.24, 2.45) is 11.1 Å². The number of halogens is 5. The van der Waals surface area contributed by atoms with E-state index in [1.165, 1.54) is 6.07 Å². The van der Waals surface area contributed by atoms with Crippen LogP contribution in [0, 0.1) is 5.92 Å². The molecule has 1 atom stereocenters. The average molecular weight is 499 g/mol. The second kappa shape index (κ2) is 9.94. The number of hydrogen-bond donors (Lipinski definition) is 0. The maximum atomic E-state index is 13.2. The molecule has 4 rings (SSSR count). The molecule has 0 unspecified atom stereocenters. The first-order chi connectivity index (χ1) is 15.7. The van der Waals surface area contributed by atoms with Gasteiger partial charge in [-0.15, -0.1) is 0 Å². The van der Waals surface area contributed by atoms with Crippen LogP contribution in [0.15, 0.2) is 47.6 Å². The molecule has 2 aliphatic rings. The number of carbonyl (C=O) groups excluding carboxylic acids is 1. The molecular weight excluding hydrogens is 476 g/mol. The van der Waals surface area contributed by atoms with E-state index in [1.54, 1.807) is 29.2 Å². The summed E-state index contributed by atoms with van der Waals surface area (Å²) in [6.45, 7) is 0.321. The van der Waals surface area contributed by atoms with Crippen molar-refractivity contribution in [3.8, 4) is 0 Å². The Morgan fingerprint density at radius 1 is 1.09 bits per heavy atom. The number of alkyl halides is 3. The minimum atomic E-state index is -4.44. The summed E-state index contributed by atoms with van der Waals surface area (Å²) in [6, 6.07) is 10.3. The molecule has 0 bridgehead atoms. The van der Waals surface area contributed by atoms with E-state index >= 15 is 0 Å². The lowest BCUT2D eigenvalue weighted by molar-refractivity contribution is -0.137. The van der Waals surface area contributed by atoms with Gasteiger partial charge in [-0.05, 0) is 42.7 Å². The quantitative estimate of drug-likeness (QED) is 0.443. The van der Waals surface area contributed by atoms with Crippen LogP contribution < -0.4 is 0 Å². The van der Waals surface area contributed by atoms with Gasteiger partial charge in [0.25, 0.3) is 0 Å². The molecule has 0 aromatic heterocycles. The maximum absolute atomic E-state index is 13.2. The van der Waals surface area contributed by atoms with Gasteiger partial charge in [0.05, 0.1) is 27.9 Å². The minimum Gasteiger partial charge on any atom is -0.390 e. The molecule has 1 aliphatic carbocycles. The van der Waals surface area contributed by atoms with Crippen LogP contribution in [0.25, 0.3) is 0 Å². The second-order valence-corrected chi connectivity index (χ2v) is 9.31. The summed E-state index contributed by atoms with van der Waals surface area (Å²) < 4.78 is 39.5. The molecule has 0 N–H and O–H groups in total. The van der Waals surface area contributed by atoms with Crippen molar-refractivity contribution in [2.75, 3.05) is 6.54 Å². The normalized spacial score (nSPS) is 18.8. The molecule has 0 radical (unpaired) electrons. The maximum Gasteiger partial charge on any atom is 0.416 e. The minimum absolute atomic E-state index is 0.0449. The Kier molecular flexibility index (Phi) is 7.19. The number of nitrogens with zero attached hydrogens (tertiary/aromatic N) is 2. The van der Waals surface area contributed by atoms with Crippen LogP contribution in [0.2, 0.25) is 10.0 Å². The van der Waals surface area contributed by atoms with Crippen molar-refractivity contribution < 1.29 is 22.8 Å². The standard InChI is InChI=1S/C24H23Cl2F3N2O2/c25-20-9-8-17(11-21(20)26)22-12-19(33-30-22)14-31(23(32)16-5-1-2-6-16)13-15-4-3-7-18(10-15)24(27,28)29/h3-4,7-11,16,19H,1-2,5-6,12-14H2/t19-/m1/s1. The summed E-state index contributed by atoms with van der Waals surface area (Å²) in [6.07, 6.45) is -0.812. The van der Waals surface area contributed by atoms with Gasteiger partial charge < -0.3 is 9.74 Å². The summed E-state index contributed by atoms with van der Waals surface area (Å²) in [5.41, 5.74) is 1.17. The van der Waals surface area contributed by atoms with Crippen LogP contribution >= 0.6 is 23.2 Å². The van der Waals surface area contributed by atoms with E-state index in [0.29, 0.717) is 27.7 Å². The molecule has 1 fully saturated rings. The fourth-order valence-corrected chi connectivity index (χ4v) is 4.65. The smallest absolute Gasteiger partial charge is 0.390 e. The van der Waals surface area contributed by atoms with E-state index in [0.717, 1.165) is 43.4 Å². The van der Waals surface area contributed by atoms with Gasteiger partial charge in [-0.25, -0.2) is 0 Å². The molecular formula is C24H23Cl2F3N2O2. The molecule has 1 amide bonds. The van der Waals surface area contributed by atoms with Gasteiger partial charge in [0.15, 0.2) is 6.10 Å². The second-order valence-electron chi connectivity index (χ2n) is 8.50. The monoisotopic (exact) mass is 498 g/mol. The number of amides is 1. The van der Waals surface area contributed by atoms with Gasteiger partial charge >= 0.3 is 6.18 Å². The fraction of sp³-hybridized carbons (Fsp3) is 0.417. The lowest BCUT2D eigenvalue weighted by atomic mass is 10.0. The zero-order valence-corrected chi connectivity index (χ0v) is 19.3. The van der Waals surface area contributed by atoms with Gasteiger partial charge in [-0.3, -0.25) is 4.79 Å². The van der Waals surface area contributed by atoms with Crippen molar-refractivity contribution in [3.05, 3.63) is 69.2 Å². The van der Waals surface area contributed by atoms with Crippen molar-refractivity contribution in [1.82, 2.24) is 4.90 Å². The topological polar surface area (TPSA) is 41.9 Å². The highest BCUT2D eigenvalue weighted by molar-refractivity contribution is 6.42. The highest BCUT2D eigenvalue weighted by Crippen LogP contribution is 2.32. The first kappa shape index (κ1) is 23.9. The fourth-order valence-electron chi connectivity index (χ4n) is 4.35. The molecule has 33 heavy (non-hydrogen) atoms. The molecule has 4 nitrogen and oxygen atoms in total. The Balaban J connectivity index is 1.49. The summed E-state index contributed by atoms with van der Waals surface area (Å²) in [4.78, 5) is 20.4. The van der Waals surface area contributed by atoms with E-state index in [4.69, 9.17) is 28.0 Å². The van der Waals surface area contributed by atoms with Crippen LogP contribution in [0.3, 0.4) is 0 Å². The van der Waals surface area contributed by atoms with E-state index in [1.807, 2.05) is 0 Å². The number of oxime groups is 1. The van der Waals surface area contributed by atoms with Crippen LogP contribution in [-0.2, 0) is 22.4 Å². The van der Waals surface area contributed by atoms with Gasteiger partial charge in [0.1, 0.15) is 0 Å². The number of carbonyl (C=O) groups is 1. The van der Waals surface area contributed by atoms with Crippen LogP contribution in [0.5, 0.6) is 0 Å². The SMILES string of the molecule is O=C(C1CCCC1)N(Cc1cccc(C(F)(F)F)c1)C[C@H]1CC(c2ccc(Cl)c(Cl)c2)=NO1. The van der Waals surface area contributed by atoms with E-state index in [2.05, 4.69) is 5.16 Å². The molecule has 2 aromatic rings. The Morgan fingerprint density at radius 3 is 2.55 bits per heavy atom. The average Bonchev–Trinajstić information content (AvgIpc) is 3.47. The Hall–Kier alpha value is -2.25. The Labute approximate surface area is 200 Å². The molecule has 0 spiro atoms. The van der Waals surface area contributed by atoms with E-state index < -0.39 is 17.8 Å². The number of rotatable bonds is 6. The summed E-state index contributed by atoms with van der Waals surface area (Å²) >= 11 is 12.1. The molecule has 176 valence electrons. The number of benzene rings is 2. The van der Waals surface area contributed by atoms with Crippen molar-refractivity contribution >= 4 is 34.8 Å². The largest absolute Gasteiger partial charge is 0.416 e. The lowest BCUT2D eigenvalue weighted by Gasteiger charge is -2.28. The molecule has 9 heteroatoms. The highest BCUT2D eigenvalue weighted by Gasteiger charge is 2.33. The van der Waals surface area contributed by atoms with Crippen molar-refractivity contribution in [2.45, 2.75) is 50.9 Å². The molecule has 1 saturated carbocycles. The van der Waals surface area contributed by atoms with Crippen molar-refractivity contribution in [3.63, 3.8) is 0 Å². The van der Waals surface area contributed by atoms with Gasteiger partial charge in [0, 0.05) is 24.4 Å². The lowest BCUT2D eigenvalue weighted by Crippen LogP contribution is -2.40. The van der Waals surface area contributed by atoms with Gasteiger partial charge in [0.2, 0.25) is 5.91 Å². The zero-order valence-electron chi connectivity index (χ0n) is 17.7. The van der Waals surface area contributed by atoms with E-state index in [9.17, 15) is 18.0 Å². The third kappa shape index (κ3) is 5.82. The van der Waals surface area contributed by atoms with Gasteiger partial charge in [-0.1, -0.05) is 59.4 Å². The Bertz CT molecular complexity index is 1050. The van der Waals surface area contributed by atoms with Gasteiger partial charge in [-0.2, -0.15) is 13.2 Å². The van der Waals surface area contributed by atoms with E-state index in [-0.39, 0.29) is 24.9 Å². The molecule has 1 heterocycles. The molecule has 0 saturated heterocycles. The number of hydrogen-bond acceptors (Lipinski definition) is 3. The van der Waals surface area contributed by atoms with Crippen molar-refractivity contribution in [1.29, 1.82) is 0 Å².